The van der Waals surface area contributed by atoms with Crippen LogP contribution >= 0.6 is 0 Å². The highest BCUT2D eigenvalue weighted by atomic mass is 16.5. The first kappa shape index (κ1) is 31.0. The molecule has 0 spiro atoms. The molecule has 2 fully saturated rings. The van der Waals surface area contributed by atoms with Crippen LogP contribution in [0.15, 0.2) is 66.7 Å². The van der Waals surface area contributed by atoms with Gasteiger partial charge in [0.25, 0.3) is 5.91 Å². The molecule has 0 aliphatic carbocycles. The molecule has 2 aliphatic rings. The lowest BCUT2D eigenvalue weighted by Crippen LogP contribution is -2.48. The van der Waals surface area contributed by atoms with Gasteiger partial charge in [0.2, 0.25) is 0 Å². The third-order valence-electron chi connectivity index (χ3n) is 8.18. The Morgan fingerprint density at radius 1 is 0.955 bits per heavy atom. The van der Waals surface area contributed by atoms with Crippen LogP contribution in [0.5, 0.6) is 0 Å². The number of hydrogen-bond acceptors (Lipinski definition) is 7. The Balaban J connectivity index is 1.41. The van der Waals surface area contributed by atoms with Gasteiger partial charge in [-0.25, -0.2) is 4.79 Å². The van der Waals surface area contributed by atoms with E-state index in [1.807, 2.05) is 28.0 Å². The molecular formula is C34H41N7O3. The van der Waals surface area contributed by atoms with Crippen LogP contribution in [0.4, 0.5) is 16.2 Å². The van der Waals surface area contributed by atoms with E-state index in [0.29, 0.717) is 57.1 Å². The van der Waals surface area contributed by atoms with E-state index in [1.54, 1.807) is 24.3 Å². The molecule has 3 amide bonds. The number of nitrogens with zero attached hydrogens (tertiary/aromatic N) is 5. The average molecular weight is 596 g/mol. The Bertz CT molecular complexity index is 1470. The van der Waals surface area contributed by atoms with Gasteiger partial charge in [0.1, 0.15) is 0 Å². The van der Waals surface area contributed by atoms with Gasteiger partial charge in [0.15, 0.2) is 0 Å². The van der Waals surface area contributed by atoms with Crippen molar-refractivity contribution in [3.8, 4) is 17.2 Å². The highest BCUT2D eigenvalue weighted by molar-refractivity contribution is 6.06. The number of urea groups is 1. The van der Waals surface area contributed by atoms with Gasteiger partial charge in [-0.1, -0.05) is 24.3 Å². The summed E-state index contributed by atoms with van der Waals surface area (Å²) in [4.78, 5) is 35.0. The maximum absolute atomic E-state index is 13.4. The minimum atomic E-state index is -0.229. The average Bonchev–Trinajstić information content (AvgIpc) is 3.07. The number of hydrogen-bond donors (Lipinski definition) is 2. The van der Waals surface area contributed by atoms with E-state index in [-0.39, 0.29) is 11.9 Å². The zero-order valence-electron chi connectivity index (χ0n) is 25.4. The maximum Gasteiger partial charge on any atom is 0.320 e. The molecule has 0 saturated carbocycles. The number of nitrogens with two attached hydrogens (primary N) is 1. The van der Waals surface area contributed by atoms with Crippen molar-refractivity contribution in [2.75, 3.05) is 82.8 Å². The summed E-state index contributed by atoms with van der Waals surface area (Å²) in [5.41, 5.74) is 11.5. The van der Waals surface area contributed by atoms with Crippen molar-refractivity contribution in [3.05, 3.63) is 83.4 Å². The van der Waals surface area contributed by atoms with E-state index >= 15 is 0 Å². The normalized spacial score (nSPS) is 15.5. The fraction of sp³-hybridized carbons (Fsp3) is 0.382. The molecule has 5 rings (SSSR count). The number of amides is 3. The Labute approximate surface area is 259 Å². The summed E-state index contributed by atoms with van der Waals surface area (Å²) in [6.45, 7) is 7.48. The van der Waals surface area contributed by atoms with E-state index in [9.17, 15) is 9.59 Å². The third-order valence-corrected chi connectivity index (χ3v) is 8.18. The number of nitriles is 1. The Kier molecular flexibility index (Phi) is 10.5. The van der Waals surface area contributed by atoms with Crippen LogP contribution in [0, 0.1) is 11.3 Å². The number of likely N-dealkylation sites (N-methyl/N-ethyl adjacent to an activating group) is 1. The molecule has 0 unspecified atom stereocenters. The number of benzene rings is 3. The van der Waals surface area contributed by atoms with Crippen LogP contribution in [0.25, 0.3) is 11.1 Å². The van der Waals surface area contributed by atoms with Gasteiger partial charge in [0, 0.05) is 57.9 Å². The van der Waals surface area contributed by atoms with Gasteiger partial charge in [-0.05, 0) is 79.2 Å². The van der Waals surface area contributed by atoms with Crippen molar-refractivity contribution >= 4 is 23.3 Å². The van der Waals surface area contributed by atoms with Crippen LogP contribution < -0.4 is 16.0 Å². The molecule has 230 valence electrons. The molecule has 0 aromatic heterocycles. The van der Waals surface area contributed by atoms with Gasteiger partial charge in [-0.2, -0.15) is 5.26 Å². The van der Waals surface area contributed by atoms with Crippen LogP contribution in [0.2, 0.25) is 0 Å². The molecule has 0 atom stereocenters. The summed E-state index contributed by atoms with van der Waals surface area (Å²) >= 11 is 0. The molecule has 2 saturated heterocycles. The first-order valence-corrected chi connectivity index (χ1v) is 15.2. The standard InChI is InChI=1S/C34H41N7O3/c1-38-14-16-39(17-15-38)32-11-10-30(23-31(32)37-33(42)28-8-6-26(24-36)7-9-28)29-5-2-4-27(22-29)25-41(13-3-12-35)34(43)40-18-20-44-21-19-40/h2,4-11,22-23H,3,12-21,25,35H2,1H3,(H,37,42). The second kappa shape index (κ2) is 14.8. The lowest BCUT2D eigenvalue weighted by atomic mass is 10.0. The van der Waals surface area contributed by atoms with Crippen molar-refractivity contribution in [1.29, 1.82) is 5.26 Å². The highest BCUT2D eigenvalue weighted by Gasteiger charge is 2.23. The molecule has 3 aromatic rings. The van der Waals surface area contributed by atoms with Crippen LogP contribution in [0.1, 0.15) is 27.9 Å². The van der Waals surface area contributed by atoms with E-state index < -0.39 is 0 Å². The number of ether oxygens (including phenoxy) is 1. The Morgan fingerprint density at radius 2 is 1.68 bits per heavy atom. The second-order valence-electron chi connectivity index (χ2n) is 11.3. The minimum Gasteiger partial charge on any atom is -0.378 e. The van der Waals surface area contributed by atoms with E-state index in [0.717, 1.165) is 60.7 Å². The van der Waals surface area contributed by atoms with E-state index in [1.165, 1.54) is 0 Å². The molecule has 3 aromatic carbocycles. The van der Waals surface area contributed by atoms with Gasteiger partial charge in [-0.15, -0.1) is 0 Å². The predicted molar refractivity (Wildman–Crippen MR) is 173 cm³/mol. The summed E-state index contributed by atoms with van der Waals surface area (Å²) in [5.74, 6) is -0.229. The van der Waals surface area contributed by atoms with Gasteiger partial charge in [-0.3, -0.25) is 4.79 Å². The van der Waals surface area contributed by atoms with Crippen molar-refractivity contribution in [2.24, 2.45) is 5.73 Å². The fourth-order valence-corrected chi connectivity index (χ4v) is 5.58. The van der Waals surface area contributed by atoms with Crippen LogP contribution in [-0.2, 0) is 11.3 Å². The zero-order valence-corrected chi connectivity index (χ0v) is 25.4. The number of piperazine rings is 1. The second-order valence-corrected chi connectivity index (χ2v) is 11.3. The first-order chi connectivity index (χ1) is 21.4. The smallest absolute Gasteiger partial charge is 0.320 e. The number of carbonyl (C=O) groups is 2. The molecule has 10 nitrogen and oxygen atoms in total. The number of rotatable bonds is 9. The quantitative estimate of drug-likeness (QED) is 0.386. The topological polar surface area (TPSA) is 118 Å². The summed E-state index contributed by atoms with van der Waals surface area (Å²) in [6.07, 6.45) is 0.728. The fourth-order valence-electron chi connectivity index (χ4n) is 5.58. The van der Waals surface area contributed by atoms with Crippen molar-refractivity contribution < 1.29 is 14.3 Å². The number of anilines is 2. The number of carbonyl (C=O) groups excluding carboxylic acids is 2. The Hall–Kier alpha value is -4.43. The highest BCUT2D eigenvalue weighted by Crippen LogP contribution is 2.33. The van der Waals surface area contributed by atoms with E-state index in [2.05, 4.69) is 52.5 Å². The Morgan fingerprint density at radius 3 is 2.39 bits per heavy atom. The monoisotopic (exact) mass is 595 g/mol. The van der Waals surface area contributed by atoms with E-state index in [4.69, 9.17) is 15.7 Å². The van der Waals surface area contributed by atoms with Gasteiger partial charge < -0.3 is 35.4 Å². The molecular weight excluding hydrogens is 554 g/mol. The number of morpholine rings is 1. The van der Waals surface area contributed by atoms with Gasteiger partial charge >= 0.3 is 6.03 Å². The largest absolute Gasteiger partial charge is 0.378 e. The molecule has 10 heteroatoms. The van der Waals surface area contributed by atoms with Crippen molar-refractivity contribution in [2.45, 2.75) is 13.0 Å². The minimum absolute atomic E-state index is 0.0106. The molecule has 3 N–H and O–H groups in total. The third kappa shape index (κ3) is 7.74. The first-order valence-electron chi connectivity index (χ1n) is 15.2. The van der Waals surface area contributed by atoms with Crippen LogP contribution in [-0.4, -0.2) is 99.3 Å². The SMILES string of the molecule is CN1CCN(c2ccc(-c3cccc(CN(CCCN)C(=O)N4CCOCC4)c3)cc2NC(=O)c2ccc(C#N)cc2)CC1. The lowest BCUT2D eigenvalue weighted by molar-refractivity contribution is 0.0425. The van der Waals surface area contributed by atoms with Gasteiger partial charge in [0.05, 0.1) is 36.2 Å². The molecule has 2 aliphatic heterocycles. The molecule has 44 heavy (non-hydrogen) atoms. The maximum atomic E-state index is 13.4. The summed E-state index contributed by atoms with van der Waals surface area (Å²) in [7, 11) is 2.12. The summed E-state index contributed by atoms with van der Waals surface area (Å²) < 4.78 is 5.44. The predicted octanol–water partition coefficient (Wildman–Crippen LogP) is 3.83. The van der Waals surface area contributed by atoms with Crippen molar-refractivity contribution in [3.63, 3.8) is 0 Å². The molecule has 0 radical (unpaired) electrons. The summed E-state index contributed by atoms with van der Waals surface area (Å²) in [5, 5.41) is 12.3. The lowest BCUT2D eigenvalue weighted by Gasteiger charge is -2.35. The zero-order chi connectivity index (χ0) is 30.9. The summed E-state index contributed by atoms with van der Waals surface area (Å²) in [6, 6.07) is 23.2. The van der Waals surface area contributed by atoms with Crippen LogP contribution in [0.3, 0.4) is 0 Å². The molecule has 0 bridgehead atoms. The number of nitrogens with one attached hydrogen (secondary N) is 1. The molecule has 2 heterocycles. The van der Waals surface area contributed by atoms with Crippen molar-refractivity contribution in [1.82, 2.24) is 14.7 Å².